The molecule has 0 unspecified atom stereocenters. The predicted molar refractivity (Wildman–Crippen MR) is 80.7 cm³/mol. The summed E-state index contributed by atoms with van der Waals surface area (Å²) in [6.45, 7) is 4.10. The van der Waals surface area contributed by atoms with Crippen molar-refractivity contribution < 1.29 is 4.42 Å². The molecule has 4 heteroatoms. The molecule has 4 rings (SSSR count). The Labute approximate surface area is 125 Å². The second kappa shape index (κ2) is 5.02. The molecule has 2 heterocycles. The fourth-order valence-corrected chi connectivity index (χ4v) is 3.08. The van der Waals surface area contributed by atoms with Crippen molar-refractivity contribution in [3.8, 4) is 0 Å². The highest BCUT2D eigenvalue weighted by molar-refractivity contribution is 5.17. The van der Waals surface area contributed by atoms with E-state index in [-0.39, 0.29) is 0 Å². The number of furan rings is 1. The van der Waals surface area contributed by atoms with Crippen LogP contribution in [0.3, 0.4) is 0 Å². The summed E-state index contributed by atoms with van der Waals surface area (Å²) in [6.07, 6.45) is 7.78. The van der Waals surface area contributed by atoms with Crippen LogP contribution in [-0.2, 0) is 20.1 Å². The van der Waals surface area contributed by atoms with Gasteiger partial charge < -0.3 is 8.98 Å². The van der Waals surface area contributed by atoms with Gasteiger partial charge >= 0.3 is 0 Å². The number of hydrogen-bond donors (Lipinski definition) is 0. The van der Waals surface area contributed by atoms with Gasteiger partial charge in [-0.1, -0.05) is 6.92 Å². The largest absolute Gasteiger partial charge is 0.464 e. The summed E-state index contributed by atoms with van der Waals surface area (Å²) in [6, 6.07) is 5.04. The molecule has 0 N–H and O–H groups in total. The van der Waals surface area contributed by atoms with Crippen LogP contribution in [0.15, 0.2) is 28.9 Å². The van der Waals surface area contributed by atoms with Gasteiger partial charge in [-0.3, -0.25) is 4.90 Å². The van der Waals surface area contributed by atoms with E-state index < -0.39 is 0 Å². The van der Waals surface area contributed by atoms with E-state index in [1.807, 2.05) is 12.4 Å². The zero-order valence-electron chi connectivity index (χ0n) is 12.8. The van der Waals surface area contributed by atoms with Crippen LogP contribution >= 0.6 is 0 Å². The van der Waals surface area contributed by atoms with Gasteiger partial charge in [-0.2, -0.15) is 0 Å². The molecule has 2 aliphatic rings. The maximum atomic E-state index is 6.07. The van der Waals surface area contributed by atoms with E-state index in [1.54, 1.807) is 0 Å². The molecule has 2 aliphatic carbocycles. The molecule has 0 aromatic carbocycles. The SMILES string of the molecule is C[C@@H]1C[C@H]1c1ccc(CN(Cc2nccn2C)C2CC2)o1. The van der Waals surface area contributed by atoms with E-state index in [4.69, 9.17) is 4.42 Å². The highest BCUT2D eigenvalue weighted by atomic mass is 16.3. The topological polar surface area (TPSA) is 34.2 Å². The average molecular weight is 285 g/mol. The minimum absolute atomic E-state index is 0.669. The Balaban J connectivity index is 1.45. The van der Waals surface area contributed by atoms with Crippen molar-refractivity contribution >= 4 is 0 Å². The van der Waals surface area contributed by atoms with Gasteiger partial charge in [0.15, 0.2) is 0 Å². The second-order valence-corrected chi connectivity index (χ2v) is 6.71. The second-order valence-electron chi connectivity index (χ2n) is 6.71. The summed E-state index contributed by atoms with van der Waals surface area (Å²) in [5, 5.41) is 0. The number of hydrogen-bond acceptors (Lipinski definition) is 3. The zero-order valence-corrected chi connectivity index (χ0v) is 12.8. The fraction of sp³-hybridized carbons (Fsp3) is 0.588. The third kappa shape index (κ3) is 2.77. The van der Waals surface area contributed by atoms with E-state index in [2.05, 4.69) is 40.6 Å². The lowest BCUT2D eigenvalue weighted by molar-refractivity contribution is 0.216. The van der Waals surface area contributed by atoms with Gasteiger partial charge in [-0.05, 0) is 37.3 Å². The van der Waals surface area contributed by atoms with Crippen LogP contribution < -0.4 is 0 Å². The molecule has 21 heavy (non-hydrogen) atoms. The molecule has 112 valence electrons. The number of nitrogens with zero attached hydrogens (tertiary/aromatic N) is 3. The van der Waals surface area contributed by atoms with Crippen LogP contribution in [0, 0.1) is 5.92 Å². The van der Waals surface area contributed by atoms with Crippen molar-refractivity contribution in [1.82, 2.24) is 14.5 Å². The Kier molecular flexibility index (Phi) is 3.14. The molecular weight excluding hydrogens is 262 g/mol. The van der Waals surface area contributed by atoms with Gasteiger partial charge in [-0.15, -0.1) is 0 Å². The average Bonchev–Trinajstić information content (AvgIpc) is 3.35. The van der Waals surface area contributed by atoms with Gasteiger partial charge in [0.25, 0.3) is 0 Å². The van der Waals surface area contributed by atoms with Gasteiger partial charge in [0.05, 0.1) is 13.1 Å². The molecule has 2 aromatic heterocycles. The zero-order chi connectivity index (χ0) is 14.4. The molecule has 0 aliphatic heterocycles. The monoisotopic (exact) mass is 285 g/mol. The summed E-state index contributed by atoms with van der Waals surface area (Å²) in [4.78, 5) is 6.95. The summed E-state index contributed by atoms with van der Waals surface area (Å²) in [5.41, 5.74) is 0. The Morgan fingerprint density at radius 2 is 2.14 bits per heavy atom. The normalized spacial score (nSPS) is 24.7. The van der Waals surface area contributed by atoms with Gasteiger partial charge in [0.1, 0.15) is 17.3 Å². The van der Waals surface area contributed by atoms with E-state index >= 15 is 0 Å². The van der Waals surface area contributed by atoms with Crippen molar-refractivity contribution in [2.45, 2.75) is 51.2 Å². The third-order valence-electron chi connectivity index (χ3n) is 4.85. The fourth-order valence-electron chi connectivity index (χ4n) is 3.08. The smallest absolute Gasteiger partial charge is 0.122 e. The highest BCUT2D eigenvalue weighted by Crippen LogP contribution is 2.47. The highest BCUT2D eigenvalue weighted by Gasteiger charge is 2.37. The van der Waals surface area contributed by atoms with E-state index in [9.17, 15) is 0 Å². The molecule has 0 amide bonds. The van der Waals surface area contributed by atoms with Gasteiger partial charge in [0, 0.05) is 31.4 Å². The molecule has 2 aromatic rings. The number of rotatable bonds is 6. The van der Waals surface area contributed by atoms with Gasteiger partial charge in [-0.25, -0.2) is 4.98 Å². The summed E-state index contributed by atoms with van der Waals surface area (Å²) < 4.78 is 8.17. The summed E-state index contributed by atoms with van der Waals surface area (Å²) in [7, 11) is 2.06. The van der Waals surface area contributed by atoms with Crippen LogP contribution in [0.25, 0.3) is 0 Å². The van der Waals surface area contributed by atoms with Crippen LogP contribution in [0.5, 0.6) is 0 Å². The summed E-state index contributed by atoms with van der Waals surface area (Å²) in [5.74, 6) is 4.89. The van der Waals surface area contributed by atoms with Crippen LogP contribution in [0.1, 0.15) is 49.4 Å². The van der Waals surface area contributed by atoms with Crippen molar-refractivity contribution in [2.24, 2.45) is 13.0 Å². The molecular formula is C17H23N3O. The molecule has 2 atom stereocenters. The molecule has 0 saturated heterocycles. The van der Waals surface area contributed by atoms with Crippen molar-refractivity contribution in [3.63, 3.8) is 0 Å². The Hall–Kier alpha value is -1.55. The first-order valence-electron chi connectivity index (χ1n) is 7.99. The standard InChI is InChI=1S/C17H23N3O/c1-12-9-15(12)16-6-5-14(21-16)10-20(13-3-4-13)11-17-18-7-8-19(17)2/h5-8,12-13,15H,3-4,9-11H2,1-2H3/t12-,15-/m1/s1. The quantitative estimate of drug-likeness (QED) is 0.816. The maximum absolute atomic E-state index is 6.07. The number of imidazole rings is 1. The number of aromatic nitrogens is 2. The van der Waals surface area contributed by atoms with Crippen LogP contribution in [0.2, 0.25) is 0 Å². The first-order valence-corrected chi connectivity index (χ1v) is 7.99. The van der Waals surface area contributed by atoms with Crippen molar-refractivity contribution in [1.29, 1.82) is 0 Å². The molecule has 4 nitrogen and oxygen atoms in total. The summed E-state index contributed by atoms with van der Waals surface area (Å²) >= 11 is 0. The van der Waals surface area contributed by atoms with Crippen molar-refractivity contribution in [3.05, 3.63) is 41.9 Å². The lowest BCUT2D eigenvalue weighted by Gasteiger charge is -2.20. The predicted octanol–water partition coefficient (Wildman–Crippen LogP) is 3.30. The molecule has 2 fully saturated rings. The Morgan fingerprint density at radius 1 is 1.33 bits per heavy atom. The van der Waals surface area contributed by atoms with E-state index in [0.29, 0.717) is 12.0 Å². The first kappa shape index (κ1) is 13.1. The maximum Gasteiger partial charge on any atom is 0.122 e. The molecule has 0 radical (unpaired) electrons. The Bertz CT molecular complexity index is 626. The van der Waals surface area contributed by atoms with E-state index in [0.717, 1.165) is 30.6 Å². The Morgan fingerprint density at radius 3 is 2.76 bits per heavy atom. The number of aryl methyl sites for hydroxylation is 1. The lowest BCUT2D eigenvalue weighted by atomic mass is 10.3. The minimum atomic E-state index is 0.669. The van der Waals surface area contributed by atoms with Gasteiger partial charge in [0.2, 0.25) is 0 Å². The minimum Gasteiger partial charge on any atom is -0.464 e. The first-order chi connectivity index (χ1) is 10.2. The molecule has 0 bridgehead atoms. The van der Waals surface area contributed by atoms with E-state index in [1.165, 1.54) is 25.0 Å². The molecule has 2 saturated carbocycles. The van der Waals surface area contributed by atoms with Crippen molar-refractivity contribution in [2.75, 3.05) is 0 Å². The lowest BCUT2D eigenvalue weighted by Crippen LogP contribution is -2.26. The van der Waals surface area contributed by atoms with Crippen LogP contribution in [-0.4, -0.2) is 20.5 Å². The third-order valence-corrected chi connectivity index (χ3v) is 4.85. The molecule has 0 spiro atoms. The van der Waals surface area contributed by atoms with Crippen LogP contribution in [0.4, 0.5) is 0 Å².